The van der Waals surface area contributed by atoms with Crippen LogP contribution in [0.5, 0.6) is 5.75 Å². The molecule has 0 aliphatic carbocycles. The van der Waals surface area contributed by atoms with Crippen LogP contribution in [0.15, 0.2) is 76.9 Å². The summed E-state index contributed by atoms with van der Waals surface area (Å²) in [5.41, 5.74) is 1.59. The number of hydrogen-bond acceptors (Lipinski definition) is 4. The summed E-state index contributed by atoms with van der Waals surface area (Å²) < 4.78 is 8.29. The van der Waals surface area contributed by atoms with E-state index in [-0.39, 0.29) is 11.3 Å². The van der Waals surface area contributed by atoms with Gasteiger partial charge in [0, 0.05) is 22.1 Å². The number of anilines is 1. The van der Waals surface area contributed by atoms with Crippen LogP contribution in [-0.4, -0.2) is 29.0 Å². The van der Waals surface area contributed by atoms with Crippen LogP contribution < -0.4 is 15.0 Å². The molecule has 1 aliphatic rings. The molecule has 1 saturated heterocycles. The number of rotatable bonds is 5. The largest absolute Gasteiger partial charge is 0.492 e. The fourth-order valence-corrected chi connectivity index (χ4v) is 3.70. The van der Waals surface area contributed by atoms with Gasteiger partial charge >= 0.3 is 6.03 Å². The quantitative estimate of drug-likeness (QED) is 0.436. The number of aromatic nitrogens is 1. The zero-order chi connectivity index (χ0) is 22.0. The number of nitrogens with zero attached hydrogens (tertiary/aromatic N) is 2. The molecule has 0 radical (unpaired) electrons. The van der Waals surface area contributed by atoms with E-state index in [0.717, 1.165) is 15.1 Å². The minimum Gasteiger partial charge on any atom is -0.492 e. The molecule has 0 unspecified atom stereocenters. The van der Waals surface area contributed by atoms with Crippen LogP contribution in [0.25, 0.3) is 11.8 Å². The highest BCUT2D eigenvalue weighted by Gasteiger charge is 2.38. The third kappa shape index (κ3) is 4.02. The van der Waals surface area contributed by atoms with Crippen LogP contribution in [0.4, 0.5) is 10.5 Å². The highest BCUT2D eigenvalue weighted by molar-refractivity contribution is 9.10. The van der Waals surface area contributed by atoms with Gasteiger partial charge in [0.1, 0.15) is 11.3 Å². The predicted octanol–water partition coefficient (Wildman–Crippen LogP) is 4.30. The second kappa shape index (κ2) is 8.61. The summed E-state index contributed by atoms with van der Waals surface area (Å²) >= 11 is 3.45. The normalized spacial score (nSPS) is 15.4. The van der Waals surface area contributed by atoms with Crippen molar-refractivity contribution < 1.29 is 19.1 Å². The summed E-state index contributed by atoms with van der Waals surface area (Å²) in [5.74, 6) is -1.09. The van der Waals surface area contributed by atoms with Crippen LogP contribution in [0.1, 0.15) is 12.6 Å². The molecule has 2 aromatic carbocycles. The molecular weight excluding hydrogens is 462 g/mol. The Morgan fingerprint density at radius 1 is 1.03 bits per heavy atom. The number of nitrogens with one attached hydrogen (secondary N) is 1. The van der Waals surface area contributed by atoms with E-state index in [9.17, 15) is 14.4 Å². The Bertz CT molecular complexity index is 1210. The molecule has 4 amide bonds. The van der Waals surface area contributed by atoms with Crippen molar-refractivity contribution in [3.8, 4) is 11.4 Å². The van der Waals surface area contributed by atoms with E-state index < -0.39 is 17.8 Å². The van der Waals surface area contributed by atoms with Crippen molar-refractivity contribution in [2.75, 3.05) is 11.5 Å². The maximum Gasteiger partial charge on any atom is 0.336 e. The monoisotopic (exact) mass is 479 g/mol. The third-order valence-corrected chi connectivity index (χ3v) is 5.16. The molecule has 1 fully saturated rings. The van der Waals surface area contributed by atoms with Crippen LogP contribution in [0.3, 0.4) is 0 Å². The van der Waals surface area contributed by atoms with Crippen LogP contribution >= 0.6 is 15.9 Å². The van der Waals surface area contributed by atoms with Crippen molar-refractivity contribution >= 4 is 45.5 Å². The zero-order valence-corrected chi connectivity index (χ0v) is 18.1. The van der Waals surface area contributed by atoms with Crippen molar-refractivity contribution in [2.45, 2.75) is 6.92 Å². The van der Waals surface area contributed by atoms with E-state index in [1.165, 1.54) is 6.08 Å². The molecule has 2 heterocycles. The van der Waals surface area contributed by atoms with E-state index in [4.69, 9.17) is 4.74 Å². The van der Waals surface area contributed by atoms with Crippen molar-refractivity contribution in [3.05, 3.63) is 82.6 Å². The number of halogens is 1. The number of hydrogen-bond donors (Lipinski definition) is 1. The third-order valence-electron chi connectivity index (χ3n) is 4.67. The van der Waals surface area contributed by atoms with Gasteiger partial charge in [-0.25, -0.2) is 9.69 Å². The van der Waals surface area contributed by atoms with Crippen LogP contribution in [0, 0.1) is 0 Å². The Labute approximate surface area is 187 Å². The lowest BCUT2D eigenvalue weighted by molar-refractivity contribution is -0.122. The van der Waals surface area contributed by atoms with Gasteiger partial charge in [-0.1, -0.05) is 34.1 Å². The molecular formula is C23H18BrN3O4. The van der Waals surface area contributed by atoms with Gasteiger partial charge in [-0.15, -0.1) is 0 Å². The first-order valence-corrected chi connectivity index (χ1v) is 10.4. The van der Waals surface area contributed by atoms with Crippen molar-refractivity contribution in [3.63, 3.8) is 0 Å². The number of barbiturate groups is 1. The first-order chi connectivity index (χ1) is 15.0. The number of para-hydroxylation sites is 2. The van der Waals surface area contributed by atoms with Gasteiger partial charge < -0.3 is 9.30 Å². The number of urea groups is 1. The summed E-state index contributed by atoms with van der Waals surface area (Å²) in [6.07, 6.45) is 3.30. The average molecular weight is 480 g/mol. The lowest BCUT2D eigenvalue weighted by Gasteiger charge is -2.27. The minimum absolute atomic E-state index is 0.152. The summed E-state index contributed by atoms with van der Waals surface area (Å²) in [4.78, 5) is 39.2. The topological polar surface area (TPSA) is 80.6 Å². The Morgan fingerprint density at radius 2 is 1.84 bits per heavy atom. The van der Waals surface area contributed by atoms with E-state index in [1.807, 2.05) is 41.1 Å². The fraction of sp³-hybridized carbons (Fsp3) is 0.0870. The first-order valence-electron chi connectivity index (χ1n) is 9.56. The second-order valence-corrected chi connectivity index (χ2v) is 7.56. The molecule has 0 spiro atoms. The molecule has 0 atom stereocenters. The predicted molar refractivity (Wildman–Crippen MR) is 120 cm³/mol. The highest BCUT2D eigenvalue weighted by atomic mass is 79.9. The Hall–Kier alpha value is -3.65. The standard InChI is InChI=1S/C23H18BrN3O4/c1-2-31-20-11-4-3-10-19(20)27-22(29)18(21(28)25-23(27)30)14-17-9-6-12-26(17)16-8-5-7-15(24)13-16/h3-14H,2H2,1H3,(H,25,28,30)/b18-14+. The average Bonchev–Trinajstić information content (AvgIpc) is 3.21. The van der Waals surface area contributed by atoms with Gasteiger partial charge in [0.25, 0.3) is 11.8 Å². The number of imide groups is 2. The fourth-order valence-electron chi connectivity index (χ4n) is 3.32. The minimum atomic E-state index is -0.818. The zero-order valence-electron chi connectivity index (χ0n) is 16.5. The van der Waals surface area contributed by atoms with Gasteiger partial charge in [0.15, 0.2) is 0 Å². The first kappa shape index (κ1) is 20.6. The maximum absolute atomic E-state index is 13.2. The Morgan fingerprint density at radius 3 is 2.61 bits per heavy atom. The lowest BCUT2D eigenvalue weighted by atomic mass is 10.1. The molecule has 1 aromatic heterocycles. The summed E-state index contributed by atoms with van der Waals surface area (Å²) in [6.45, 7) is 2.17. The van der Waals surface area contributed by atoms with Crippen molar-refractivity contribution in [1.82, 2.24) is 9.88 Å². The smallest absolute Gasteiger partial charge is 0.336 e. The lowest BCUT2D eigenvalue weighted by Crippen LogP contribution is -2.54. The van der Waals surface area contributed by atoms with Gasteiger partial charge in [-0.3, -0.25) is 14.9 Å². The van der Waals surface area contributed by atoms with Gasteiger partial charge in [-0.2, -0.15) is 0 Å². The summed E-state index contributed by atoms with van der Waals surface area (Å²) in [7, 11) is 0. The van der Waals surface area contributed by atoms with Crippen molar-refractivity contribution in [1.29, 1.82) is 0 Å². The number of carbonyl (C=O) groups excluding carboxylic acids is 3. The second-order valence-electron chi connectivity index (χ2n) is 6.64. The van der Waals surface area contributed by atoms with E-state index in [0.29, 0.717) is 18.1 Å². The molecule has 4 rings (SSSR count). The van der Waals surface area contributed by atoms with Gasteiger partial charge in [0.05, 0.1) is 12.3 Å². The Kier molecular flexibility index (Phi) is 5.73. The molecule has 156 valence electrons. The van der Waals surface area contributed by atoms with Gasteiger partial charge in [0.2, 0.25) is 0 Å². The Balaban J connectivity index is 1.76. The summed E-state index contributed by atoms with van der Waals surface area (Å²) in [6, 6.07) is 17.1. The molecule has 31 heavy (non-hydrogen) atoms. The van der Waals surface area contributed by atoms with E-state index >= 15 is 0 Å². The molecule has 0 saturated carbocycles. The van der Waals surface area contributed by atoms with Crippen LogP contribution in [0.2, 0.25) is 0 Å². The maximum atomic E-state index is 13.2. The van der Waals surface area contributed by atoms with Gasteiger partial charge in [-0.05, 0) is 55.5 Å². The molecule has 0 bridgehead atoms. The number of amides is 4. The molecule has 1 aliphatic heterocycles. The number of ether oxygens (including phenoxy) is 1. The highest BCUT2D eigenvalue weighted by Crippen LogP contribution is 2.31. The van der Waals surface area contributed by atoms with E-state index in [1.54, 1.807) is 37.3 Å². The molecule has 7 nitrogen and oxygen atoms in total. The molecule has 3 aromatic rings. The molecule has 1 N–H and O–H groups in total. The molecule has 8 heteroatoms. The van der Waals surface area contributed by atoms with Crippen LogP contribution in [-0.2, 0) is 9.59 Å². The van der Waals surface area contributed by atoms with Crippen molar-refractivity contribution in [2.24, 2.45) is 0 Å². The SMILES string of the molecule is CCOc1ccccc1N1C(=O)NC(=O)/C(=C\c2cccn2-c2cccc(Br)c2)C1=O. The number of benzene rings is 2. The number of carbonyl (C=O) groups is 3. The van der Waals surface area contributed by atoms with E-state index in [2.05, 4.69) is 21.2 Å². The summed E-state index contributed by atoms with van der Waals surface area (Å²) in [5, 5.41) is 2.25.